The van der Waals surface area contributed by atoms with Gasteiger partial charge < -0.3 is 15.8 Å². The van der Waals surface area contributed by atoms with E-state index in [1.807, 2.05) is 73.8 Å². The van der Waals surface area contributed by atoms with Gasteiger partial charge in [-0.25, -0.2) is 0 Å². The van der Waals surface area contributed by atoms with E-state index >= 15 is 0 Å². The number of dihydropyridines is 1. The average molecular weight is 307 g/mol. The van der Waals surface area contributed by atoms with Crippen LogP contribution in [0.2, 0.25) is 0 Å². The first-order chi connectivity index (χ1) is 11.1. The summed E-state index contributed by atoms with van der Waals surface area (Å²) in [4.78, 5) is 0. The summed E-state index contributed by atoms with van der Waals surface area (Å²) in [5.74, 6) is 0.798. The lowest BCUT2D eigenvalue weighted by Crippen LogP contribution is -2.53. The van der Waals surface area contributed by atoms with E-state index in [1.54, 1.807) is 0 Å². The summed E-state index contributed by atoms with van der Waals surface area (Å²) in [6.07, 6.45) is 3.74. The van der Waals surface area contributed by atoms with Gasteiger partial charge in [0.25, 0.3) is 0 Å². The van der Waals surface area contributed by atoms with Crippen LogP contribution in [0.4, 0.5) is 0 Å². The average Bonchev–Trinajstić information content (AvgIpc) is 2.59. The Morgan fingerprint density at radius 1 is 1.04 bits per heavy atom. The first-order valence-electron chi connectivity index (χ1n) is 7.57. The third-order valence-electron chi connectivity index (χ3n) is 4.05. The molecule has 0 spiro atoms. The summed E-state index contributed by atoms with van der Waals surface area (Å²) in [6.45, 7) is 2.49. The topological polar surface area (TPSA) is 73.3 Å². The second-order valence-electron chi connectivity index (χ2n) is 5.68. The largest absolute Gasteiger partial charge is 0.489 e. The molecule has 0 fully saturated rings. The van der Waals surface area contributed by atoms with E-state index in [0.717, 1.165) is 22.4 Å². The molecule has 0 bridgehead atoms. The zero-order valence-corrected chi connectivity index (χ0v) is 13.1. The zero-order chi connectivity index (χ0) is 16.3. The summed E-state index contributed by atoms with van der Waals surface area (Å²) in [6, 6.07) is 17.8. The van der Waals surface area contributed by atoms with Crippen LogP contribution in [0, 0.1) is 0 Å². The van der Waals surface area contributed by atoms with E-state index in [4.69, 9.17) is 16.2 Å². The predicted molar refractivity (Wildman–Crippen MR) is 92.2 cm³/mol. The van der Waals surface area contributed by atoms with E-state index in [0.29, 0.717) is 12.3 Å². The number of benzene rings is 2. The van der Waals surface area contributed by atoms with Gasteiger partial charge in [-0.15, -0.1) is 0 Å². The van der Waals surface area contributed by atoms with Gasteiger partial charge >= 0.3 is 0 Å². The lowest BCUT2D eigenvalue weighted by atomic mass is 9.92. The standard InChI is InChI=1S/C19H21N3O/c1-14-11-12-22-19(21,18(14)20)16-7-9-17(10-8-16)23-13-15-5-3-2-4-6-15/h2-12,22H,13,20-21H2,1H3. The number of nitrogens with one attached hydrogen (secondary N) is 1. The highest BCUT2D eigenvalue weighted by atomic mass is 16.5. The van der Waals surface area contributed by atoms with Crippen LogP contribution in [0.25, 0.3) is 0 Å². The van der Waals surface area contributed by atoms with Gasteiger partial charge in [0.15, 0.2) is 5.66 Å². The number of hydrogen-bond donors (Lipinski definition) is 3. The molecule has 0 radical (unpaired) electrons. The summed E-state index contributed by atoms with van der Waals surface area (Å²) in [5.41, 5.74) is 15.4. The highest BCUT2D eigenvalue weighted by molar-refractivity contribution is 5.42. The lowest BCUT2D eigenvalue weighted by Gasteiger charge is -2.34. The van der Waals surface area contributed by atoms with Crippen molar-refractivity contribution < 1.29 is 4.74 Å². The maximum Gasteiger partial charge on any atom is 0.153 e. The lowest BCUT2D eigenvalue weighted by molar-refractivity contribution is 0.306. The van der Waals surface area contributed by atoms with Gasteiger partial charge in [-0.05, 0) is 48.0 Å². The molecule has 1 aliphatic heterocycles. The number of hydrogen-bond acceptors (Lipinski definition) is 4. The van der Waals surface area contributed by atoms with Crippen molar-refractivity contribution in [2.45, 2.75) is 19.2 Å². The molecule has 1 unspecified atom stereocenters. The Balaban J connectivity index is 1.74. The normalized spacial score (nSPS) is 20.3. The smallest absolute Gasteiger partial charge is 0.153 e. The highest BCUT2D eigenvalue weighted by Gasteiger charge is 2.32. The number of ether oxygens (including phenoxy) is 1. The van der Waals surface area contributed by atoms with Gasteiger partial charge in [-0.2, -0.15) is 0 Å². The highest BCUT2D eigenvalue weighted by Crippen LogP contribution is 2.28. The van der Waals surface area contributed by atoms with Crippen LogP contribution in [0.1, 0.15) is 18.1 Å². The van der Waals surface area contributed by atoms with E-state index in [1.165, 1.54) is 0 Å². The molecule has 4 nitrogen and oxygen atoms in total. The van der Waals surface area contributed by atoms with Crippen LogP contribution in [-0.4, -0.2) is 0 Å². The Hall–Kier alpha value is -2.72. The van der Waals surface area contributed by atoms with E-state index in [9.17, 15) is 0 Å². The SMILES string of the molecule is CC1=C(N)C(N)(c2ccc(OCc3ccccc3)cc2)NC=C1. The molecule has 0 aliphatic carbocycles. The van der Waals surface area contributed by atoms with Crippen LogP contribution in [0.3, 0.4) is 0 Å². The van der Waals surface area contributed by atoms with E-state index in [2.05, 4.69) is 5.32 Å². The van der Waals surface area contributed by atoms with Gasteiger partial charge in [-0.3, -0.25) is 5.73 Å². The molecule has 1 heterocycles. The predicted octanol–water partition coefficient (Wildman–Crippen LogP) is 2.73. The molecule has 118 valence electrons. The number of nitrogens with two attached hydrogens (primary N) is 2. The maximum absolute atomic E-state index is 6.44. The molecular formula is C19H21N3O. The van der Waals surface area contributed by atoms with Crippen LogP contribution in [0.15, 0.2) is 78.1 Å². The molecule has 5 N–H and O–H groups in total. The Morgan fingerprint density at radius 2 is 1.74 bits per heavy atom. The molecule has 2 aromatic rings. The van der Waals surface area contributed by atoms with Crippen molar-refractivity contribution in [1.82, 2.24) is 5.32 Å². The molecule has 3 rings (SSSR count). The van der Waals surface area contributed by atoms with Crippen LogP contribution < -0.4 is 21.5 Å². The maximum atomic E-state index is 6.44. The molecule has 0 saturated heterocycles. The molecule has 1 atom stereocenters. The summed E-state index contributed by atoms with van der Waals surface area (Å²) >= 11 is 0. The van der Waals surface area contributed by atoms with Crippen molar-refractivity contribution in [1.29, 1.82) is 0 Å². The molecule has 0 aromatic heterocycles. The quantitative estimate of drug-likeness (QED) is 0.812. The molecule has 1 aliphatic rings. The minimum atomic E-state index is -0.878. The van der Waals surface area contributed by atoms with Crippen LogP contribution in [-0.2, 0) is 12.3 Å². The van der Waals surface area contributed by atoms with Crippen molar-refractivity contribution in [3.8, 4) is 5.75 Å². The van der Waals surface area contributed by atoms with Crippen LogP contribution in [0.5, 0.6) is 5.75 Å². The summed E-state index contributed by atoms with van der Waals surface area (Å²) in [7, 11) is 0. The molecule has 2 aromatic carbocycles. The molecule has 0 amide bonds. The Bertz CT molecular complexity index is 735. The summed E-state index contributed by atoms with van der Waals surface area (Å²) in [5, 5.41) is 3.14. The number of allylic oxidation sites excluding steroid dienone is 2. The molecular weight excluding hydrogens is 286 g/mol. The second kappa shape index (κ2) is 6.18. The third kappa shape index (κ3) is 3.07. The van der Waals surface area contributed by atoms with Gasteiger partial charge in [-0.1, -0.05) is 42.5 Å². The van der Waals surface area contributed by atoms with Crippen molar-refractivity contribution >= 4 is 0 Å². The van der Waals surface area contributed by atoms with Gasteiger partial charge in [0.2, 0.25) is 0 Å². The fourth-order valence-electron chi connectivity index (χ4n) is 2.57. The minimum absolute atomic E-state index is 0.538. The van der Waals surface area contributed by atoms with Gasteiger partial charge in [0.1, 0.15) is 12.4 Å². The monoisotopic (exact) mass is 307 g/mol. The number of rotatable bonds is 4. The van der Waals surface area contributed by atoms with E-state index < -0.39 is 5.66 Å². The van der Waals surface area contributed by atoms with Crippen molar-refractivity contribution in [3.63, 3.8) is 0 Å². The van der Waals surface area contributed by atoms with Crippen molar-refractivity contribution in [3.05, 3.63) is 89.3 Å². The van der Waals surface area contributed by atoms with Crippen molar-refractivity contribution in [2.24, 2.45) is 11.5 Å². The van der Waals surface area contributed by atoms with Crippen molar-refractivity contribution in [2.75, 3.05) is 0 Å². The molecule has 4 heteroatoms. The van der Waals surface area contributed by atoms with Crippen LogP contribution >= 0.6 is 0 Å². The Labute approximate surface area is 136 Å². The zero-order valence-electron chi connectivity index (χ0n) is 13.1. The Morgan fingerprint density at radius 3 is 2.43 bits per heavy atom. The van der Waals surface area contributed by atoms with Gasteiger partial charge in [0.05, 0.1) is 5.70 Å². The second-order valence-corrected chi connectivity index (χ2v) is 5.68. The third-order valence-corrected chi connectivity index (χ3v) is 4.05. The Kier molecular flexibility index (Phi) is 4.08. The molecule has 0 saturated carbocycles. The first-order valence-corrected chi connectivity index (χ1v) is 7.57. The van der Waals surface area contributed by atoms with E-state index in [-0.39, 0.29) is 0 Å². The minimum Gasteiger partial charge on any atom is -0.489 e. The van der Waals surface area contributed by atoms with Gasteiger partial charge in [0, 0.05) is 0 Å². The molecule has 23 heavy (non-hydrogen) atoms. The fourth-order valence-corrected chi connectivity index (χ4v) is 2.57. The summed E-state index contributed by atoms with van der Waals surface area (Å²) < 4.78 is 5.80. The first kappa shape index (κ1) is 15.2. The fraction of sp³-hybridized carbons (Fsp3) is 0.158.